The summed E-state index contributed by atoms with van der Waals surface area (Å²) in [7, 11) is -3.71. The van der Waals surface area contributed by atoms with Crippen LogP contribution in [-0.4, -0.2) is 42.8 Å². The third-order valence-corrected chi connectivity index (χ3v) is 7.05. The van der Waals surface area contributed by atoms with E-state index in [1.807, 2.05) is 5.38 Å². The van der Waals surface area contributed by atoms with Gasteiger partial charge in [-0.05, 0) is 24.3 Å². The Morgan fingerprint density at radius 1 is 1.13 bits per heavy atom. The van der Waals surface area contributed by atoms with Crippen molar-refractivity contribution in [2.45, 2.75) is 11.3 Å². The number of ether oxygens (including phenoxy) is 2. The number of fused-ring (bicyclic) bond motifs is 2. The molecule has 0 bridgehead atoms. The van der Waals surface area contributed by atoms with Crippen molar-refractivity contribution in [3.63, 3.8) is 0 Å². The fourth-order valence-corrected chi connectivity index (χ4v) is 5.14. The van der Waals surface area contributed by atoms with Crippen LogP contribution in [0.1, 0.15) is 5.69 Å². The van der Waals surface area contributed by atoms with E-state index in [1.165, 1.54) is 35.6 Å². The molecule has 8 nitrogen and oxygen atoms in total. The van der Waals surface area contributed by atoms with Crippen LogP contribution in [0.5, 0.6) is 11.5 Å². The lowest BCUT2D eigenvalue weighted by atomic mass is 10.2. The summed E-state index contributed by atoms with van der Waals surface area (Å²) < 4.78 is 53.9. The molecule has 4 aromatic rings. The maximum atomic E-state index is 13.5. The molecule has 0 fully saturated rings. The van der Waals surface area contributed by atoms with Crippen LogP contribution in [0.25, 0.3) is 16.3 Å². The number of halogens is 1. The summed E-state index contributed by atoms with van der Waals surface area (Å²) in [4.78, 5) is 5.20. The minimum Gasteiger partial charge on any atom is -0.486 e. The lowest BCUT2D eigenvalue weighted by molar-refractivity contribution is 0.171. The number of aromatic nitrogens is 3. The van der Waals surface area contributed by atoms with Crippen molar-refractivity contribution < 1.29 is 22.3 Å². The Balaban J connectivity index is 1.30. The molecule has 160 valence electrons. The Morgan fingerprint density at radius 2 is 1.97 bits per heavy atom. The molecule has 3 heterocycles. The van der Waals surface area contributed by atoms with Gasteiger partial charge in [-0.25, -0.2) is 22.0 Å². The van der Waals surface area contributed by atoms with Gasteiger partial charge in [-0.15, -0.1) is 16.4 Å². The second-order valence-electron chi connectivity index (χ2n) is 6.82. The second kappa shape index (κ2) is 7.91. The summed E-state index contributed by atoms with van der Waals surface area (Å²) in [6, 6.07) is 10.6. The molecule has 0 amide bonds. The number of benzene rings is 2. The smallest absolute Gasteiger partial charge is 0.240 e. The van der Waals surface area contributed by atoms with Crippen LogP contribution in [-0.2, 0) is 16.4 Å². The first-order valence-electron chi connectivity index (χ1n) is 9.48. The molecule has 0 aliphatic carbocycles. The number of nitrogens with zero attached hydrogens (tertiary/aromatic N) is 3. The van der Waals surface area contributed by atoms with Crippen molar-refractivity contribution in [2.75, 3.05) is 19.8 Å². The van der Waals surface area contributed by atoms with E-state index in [-0.39, 0.29) is 17.3 Å². The van der Waals surface area contributed by atoms with E-state index < -0.39 is 10.0 Å². The van der Waals surface area contributed by atoms with Gasteiger partial charge in [0.1, 0.15) is 19.0 Å². The third kappa shape index (κ3) is 3.99. The number of hydrogen-bond donors (Lipinski definition) is 1. The highest BCUT2D eigenvalue weighted by atomic mass is 32.2. The average molecular weight is 461 g/mol. The van der Waals surface area contributed by atoms with Gasteiger partial charge in [-0.3, -0.25) is 0 Å². The molecule has 0 saturated carbocycles. The van der Waals surface area contributed by atoms with Crippen molar-refractivity contribution >= 4 is 26.3 Å². The van der Waals surface area contributed by atoms with Crippen LogP contribution >= 0.6 is 11.3 Å². The Labute approximate surface area is 181 Å². The molecule has 0 radical (unpaired) electrons. The summed E-state index contributed by atoms with van der Waals surface area (Å²) in [6.45, 7) is 1.00. The van der Waals surface area contributed by atoms with Crippen LogP contribution < -0.4 is 14.2 Å². The van der Waals surface area contributed by atoms with Gasteiger partial charge in [0.05, 0.1) is 10.6 Å². The van der Waals surface area contributed by atoms with E-state index in [4.69, 9.17) is 9.47 Å². The van der Waals surface area contributed by atoms with Crippen molar-refractivity contribution in [3.05, 3.63) is 59.4 Å². The van der Waals surface area contributed by atoms with Gasteiger partial charge in [-0.1, -0.05) is 12.1 Å². The molecule has 0 atom stereocenters. The molecule has 11 heteroatoms. The van der Waals surface area contributed by atoms with Crippen molar-refractivity contribution in [1.29, 1.82) is 0 Å². The minimum atomic E-state index is -3.71. The monoisotopic (exact) mass is 460 g/mol. The van der Waals surface area contributed by atoms with E-state index >= 15 is 0 Å². The first-order chi connectivity index (χ1) is 15.0. The van der Waals surface area contributed by atoms with Gasteiger partial charge in [0.25, 0.3) is 0 Å². The van der Waals surface area contributed by atoms with Crippen molar-refractivity contribution in [3.8, 4) is 22.9 Å². The van der Waals surface area contributed by atoms with Crippen LogP contribution in [0.15, 0.2) is 52.7 Å². The van der Waals surface area contributed by atoms with E-state index in [0.29, 0.717) is 47.5 Å². The molecule has 5 rings (SSSR count). The molecular formula is C20H17FN4O4S2. The fourth-order valence-electron chi connectivity index (χ4n) is 3.23. The van der Waals surface area contributed by atoms with Crippen LogP contribution in [0, 0.1) is 5.82 Å². The molecule has 31 heavy (non-hydrogen) atoms. The SMILES string of the molecule is O=S(=O)(NCCc1csc2nc(-c3cccc(F)c3)nn12)c1ccc2c(c1)OCCO2. The molecule has 2 aromatic carbocycles. The van der Waals surface area contributed by atoms with Crippen LogP contribution in [0.2, 0.25) is 0 Å². The van der Waals surface area contributed by atoms with Crippen LogP contribution in [0.4, 0.5) is 4.39 Å². The maximum absolute atomic E-state index is 13.5. The lowest BCUT2D eigenvalue weighted by Gasteiger charge is -2.18. The largest absolute Gasteiger partial charge is 0.486 e. The molecule has 0 unspecified atom stereocenters. The minimum absolute atomic E-state index is 0.112. The third-order valence-electron chi connectivity index (χ3n) is 4.73. The summed E-state index contributed by atoms with van der Waals surface area (Å²) in [5.41, 5.74) is 1.39. The van der Waals surface area contributed by atoms with Crippen molar-refractivity contribution in [1.82, 2.24) is 19.3 Å². The summed E-state index contributed by atoms with van der Waals surface area (Å²) in [6.07, 6.45) is 0.412. The summed E-state index contributed by atoms with van der Waals surface area (Å²) in [5, 5.41) is 6.33. The van der Waals surface area contributed by atoms with E-state index in [2.05, 4.69) is 14.8 Å². The molecule has 1 aliphatic rings. The van der Waals surface area contributed by atoms with Gasteiger partial charge < -0.3 is 9.47 Å². The zero-order valence-corrected chi connectivity index (χ0v) is 17.7. The maximum Gasteiger partial charge on any atom is 0.240 e. The highest BCUT2D eigenvalue weighted by Gasteiger charge is 2.19. The van der Waals surface area contributed by atoms with E-state index in [0.717, 1.165) is 5.69 Å². The highest BCUT2D eigenvalue weighted by molar-refractivity contribution is 7.89. The Kier molecular flexibility index (Phi) is 5.08. The highest BCUT2D eigenvalue weighted by Crippen LogP contribution is 2.32. The Bertz CT molecular complexity index is 1370. The van der Waals surface area contributed by atoms with Gasteiger partial charge in [-0.2, -0.15) is 4.98 Å². The lowest BCUT2D eigenvalue weighted by Crippen LogP contribution is -2.26. The average Bonchev–Trinajstić information content (AvgIpc) is 3.35. The molecule has 0 saturated heterocycles. The molecule has 2 aromatic heterocycles. The first kappa shape index (κ1) is 19.9. The van der Waals surface area contributed by atoms with Gasteiger partial charge in [0.15, 0.2) is 17.3 Å². The van der Waals surface area contributed by atoms with Crippen molar-refractivity contribution in [2.24, 2.45) is 0 Å². The van der Waals surface area contributed by atoms with E-state index in [1.54, 1.807) is 22.7 Å². The summed E-state index contributed by atoms with van der Waals surface area (Å²) >= 11 is 1.39. The number of hydrogen-bond acceptors (Lipinski definition) is 7. The fraction of sp³-hybridized carbons (Fsp3) is 0.200. The number of nitrogens with one attached hydrogen (secondary N) is 1. The second-order valence-corrected chi connectivity index (χ2v) is 9.42. The number of sulfonamides is 1. The summed E-state index contributed by atoms with van der Waals surface area (Å²) in [5.74, 6) is 1.01. The van der Waals surface area contributed by atoms with Gasteiger partial charge in [0, 0.05) is 30.0 Å². The molecule has 1 aliphatic heterocycles. The quantitative estimate of drug-likeness (QED) is 0.476. The standard InChI is InChI=1S/C20H17FN4O4S2/c21-14-3-1-2-13(10-14)19-23-20-25(24-19)15(12-30-20)6-7-22-31(26,27)16-4-5-17-18(11-16)29-9-8-28-17/h1-5,10-12,22H,6-9H2. The Morgan fingerprint density at radius 3 is 2.81 bits per heavy atom. The predicted molar refractivity (Wildman–Crippen MR) is 113 cm³/mol. The topological polar surface area (TPSA) is 94.8 Å². The predicted octanol–water partition coefficient (Wildman–Crippen LogP) is 2.89. The van der Waals surface area contributed by atoms with Gasteiger partial charge in [0.2, 0.25) is 15.0 Å². The zero-order valence-electron chi connectivity index (χ0n) is 16.1. The Hall–Kier alpha value is -3.02. The molecule has 0 spiro atoms. The molecule has 1 N–H and O–H groups in total. The van der Waals surface area contributed by atoms with Gasteiger partial charge >= 0.3 is 0 Å². The zero-order chi connectivity index (χ0) is 21.4. The number of rotatable bonds is 6. The number of thiazole rings is 1. The van der Waals surface area contributed by atoms with Crippen LogP contribution in [0.3, 0.4) is 0 Å². The normalized spacial score (nSPS) is 13.6. The first-order valence-corrected chi connectivity index (χ1v) is 11.8. The molecular weight excluding hydrogens is 443 g/mol. The van der Waals surface area contributed by atoms with E-state index in [9.17, 15) is 12.8 Å².